The van der Waals surface area contributed by atoms with Crippen LogP contribution in [0.4, 0.5) is 0 Å². The van der Waals surface area contributed by atoms with Crippen LogP contribution in [0.5, 0.6) is 11.5 Å². The first-order chi connectivity index (χ1) is 17.7. The minimum absolute atomic E-state index is 0.119. The number of methoxy groups -OCH3 is 1. The first kappa shape index (κ1) is 26.3. The Morgan fingerprint density at radius 3 is 2.51 bits per heavy atom. The normalized spacial score (nSPS) is 12.7. The molecule has 0 saturated carbocycles. The van der Waals surface area contributed by atoms with Crippen LogP contribution >= 0.6 is 0 Å². The van der Waals surface area contributed by atoms with E-state index in [-0.39, 0.29) is 17.1 Å². The van der Waals surface area contributed by atoms with Gasteiger partial charge in [-0.15, -0.1) is 5.10 Å². The monoisotopic (exact) mass is 504 g/mol. The maximum Gasteiger partial charge on any atom is 0.252 e. The van der Waals surface area contributed by atoms with Crippen LogP contribution in [0, 0.1) is 0 Å². The summed E-state index contributed by atoms with van der Waals surface area (Å²) in [5.74, 6) is 2.34. The number of para-hydroxylation sites is 1. The van der Waals surface area contributed by atoms with Gasteiger partial charge in [0.2, 0.25) is 0 Å². The smallest absolute Gasteiger partial charge is 0.252 e. The summed E-state index contributed by atoms with van der Waals surface area (Å²) in [5, 5.41) is 13.7. The summed E-state index contributed by atoms with van der Waals surface area (Å²) in [4.78, 5) is 18.5. The molecule has 0 aliphatic rings. The van der Waals surface area contributed by atoms with Gasteiger partial charge in [-0.2, -0.15) is 0 Å². The minimum atomic E-state index is -0.293. The van der Waals surface area contributed by atoms with E-state index in [1.165, 1.54) is 0 Å². The molecule has 4 rings (SSSR count). The van der Waals surface area contributed by atoms with Gasteiger partial charge in [-0.05, 0) is 74.9 Å². The molecule has 2 heterocycles. The standard InChI is InChI=1S/C28H36N6O3/c1-7-24(26-30-31-32-34(26)28(3,4)5)33(17-19-11-9-10-12-25(19)36-6)18-21-15-20-16-22(37-8-2)13-14-23(20)29-27(21)35/h9-16,24H,7-8,17-18H2,1-6H3,(H,29,35)/t24-/m0/s1. The molecule has 1 N–H and O–H groups in total. The molecule has 0 spiro atoms. The molecular weight excluding hydrogens is 468 g/mol. The largest absolute Gasteiger partial charge is 0.496 e. The molecule has 0 bridgehead atoms. The molecule has 1 atom stereocenters. The first-order valence-electron chi connectivity index (χ1n) is 12.7. The highest BCUT2D eigenvalue weighted by atomic mass is 16.5. The van der Waals surface area contributed by atoms with E-state index < -0.39 is 0 Å². The van der Waals surface area contributed by atoms with E-state index in [9.17, 15) is 4.79 Å². The van der Waals surface area contributed by atoms with Crippen molar-refractivity contribution in [3.05, 3.63) is 75.8 Å². The number of aromatic amines is 1. The zero-order chi connectivity index (χ0) is 26.6. The molecule has 0 aliphatic carbocycles. The second-order valence-electron chi connectivity index (χ2n) is 10.1. The lowest BCUT2D eigenvalue weighted by Crippen LogP contribution is -2.35. The van der Waals surface area contributed by atoms with Gasteiger partial charge < -0.3 is 14.5 Å². The van der Waals surface area contributed by atoms with Crippen LogP contribution in [0.2, 0.25) is 0 Å². The third-order valence-corrected chi connectivity index (χ3v) is 6.40. The summed E-state index contributed by atoms with van der Waals surface area (Å²) in [5.41, 5.74) is 2.04. The van der Waals surface area contributed by atoms with Crippen LogP contribution in [0.3, 0.4) is 0 Å². The fraction of sp³-hybridized carbons (Fsp3) is 0.429. The van der Waals surface area contributed by atoms with Crippen molar-refractivity contribution >= 4 is 10.9 Å². The molecule has 0 unspecified atom stereocenters. The highest BCUT2D eigenvalue weighted by Gasteiger charge is 2.30. The number of pyridine rings is 1. The Hall–Kier alpha value is -3.72. The van der Waals surface area contributed by atoms with Gasteiger partial charge in [0.1, 0.15) is 11.5 Å². The van der Waals surface area contributed by atoms with Crippen LogP contribution in [0.25, 0.3) is 10.9 Å². The van der Waals surface area contributed by atoms with E-state index in [1.54, 1.807) is 7.11 Å². The molecular formula is C28H36N6O3. The van der Waals surface area contributed by atoms with Crippen LogP contribution in [0.15, 0.2) is 53.3 Å². The summed E-state index contributed by atoms with van der Waals surface area (Å²) in [6.07, 6.45) is 0.756. The second kappa shape index (κ2) is 11.1. The number of tetrazole rings is 1. The third-order valence-electron chi connectivity index (χ3n) is 6.40. The van der Waals surface area contributed by atoms with E-state index >= 15 is 0 Å². The molecule has 37 heavy (non-hydrogen) atoms. The average Bonchev–Trinajstić information content (AvgIpc) is 3.36. The Balaban J connectivity index is 1.79. The zero-order valence-electron chi connectivity index (χ0n) is 22.5. The number of hydrogen-bond acceptors (Lipinski definition) is 7. The van der Waals surface area contributed by atoms with Gasteiger partial charge in [0.15, 0.2) is 5.82 Å². The SMILES string of the molecule is CCOc1ccc2[nH]c(=O)c(CN(Cc3ccccc3OC)[C@@H](CC)c3nnnn3C(C)(C)C)cc2c1. The fourth-order valence-corrected chi connectivity index (χ4v) is 4.63. The van der Waals surface area contributed by atoms with Crippen molar-refractivity contribution in [2.75, 3.05) is 13.7 Å². The lowest BCUT2D eigenvalue weighted by atomic mass is 10.0. The highest BCUT2D eigenvalue weighted by molar-refractivity contribution is 5.80. The van der Waals surface area contributed by atoms with Crippen LogP contribution in [-0.4, -0.2) is 43.8 Å². The van der Waals surface area contributed by atoms with Crippen molar-refractivity contribution in [2.24, 2.45) is 0 Å². The Bertz CT molecular complexity index is 1410. The number of nitrogens with one attached hydrogen (secondary N) is 1. The molecule has 0 saturated heterocycles. The van der Waals surface area contributed by atoms with Crippen LogP contribution < -0.4 is 15.0 Å². The van der Waals surface area contributed by atoms with Crippen molar-refractivity contribution in [2.45, 2.75) is 65.7 Å². The number of fused-ring (bicyclic) bond motifs is 1. The molecule has 9 heteroatoms. The summed E-state index contributed by atoms with van der Waals surface area (Å²) < 4.78 is 13.2. The molecule has 0 radical (unpaired) electrons. The average molecular weight is 505 g/mol. The quantitative estimate of drug-likeness (QED) is 0.330. The molecule has 2 aromatic heterocycles. The summed E-state index contributed by atoms with van der Waals surface area (Å²) in [7, 11) is 1.67. The van der Waals surface area contributed by atoms with Gasteiger partial charge in [0.25, 0.3) is 5.56 Å². The summed E-state index contributed by atoms with van der Waals surface area (Å²) in [6.45, 7) is 11.8. The lowest BCUT2D eigenvalue weighted by Gasteiger charge is -2.32. The number of ether oxygens (including phenoxy) is 2. The number of H-pyrrole nitrogens is 1. The predicted octanol–water partition coefficient (Wildman–Crippen LogP) is 4.83. The van der Waals surface area contributed by atoms with Crippen LogP contribution in [-0.2, 0) is 18.6 Å². The van der Waals surface area contributed by atoms with E-state index in [0.717, 1.165) is 40.2 Å². The Morgan fingerprint density at radius 2 is 1.81 bits per heavy atom. The summed E-state index contributed by atoms with van der Waals surface area (Å²) in [6, 6.07) is 15.5. The van der Waals surface area contributed by atoms with Gasteiger partial charge in [0, 0.05) is 35.1 Å². The van der Waals surface area contributed by atoms with Crippen LogP contribution in [0.1, 0.15) is 64.0 Å². The fourth-order valence-electron chi connectivity index (χ4n) is 4.63. The minimum Gasteiger partial charge on any atom is -0.496 e. The van der Waals surface area contributed by atoms with Gasteiger partial charge >= 0.3 is 0 Å². The van der Waals surface area contributed by atoms with E-state index in [0.29, 0.717) is 25.3 Å². The first-order valence-corrected chi connectivity index (χ1v) is 12.7. The van der Waals surface area contributed by atoms with Crippen molar-refractivity contribution in [3.8, 4) is 11.5 Å². The molecule has 0 aliphatic heterocycles. The van der Waals surface area contributed by atoms with Gasteiger partial charge in [-0.1, -0.05) is 25.1 Å². The summed E-state index contributed by atoms with van der Waals surface area (Å²) >= 11 is 0. The third kappa shape index (κ3) is 5.83. The second-order valence-corrected chi connectivity index (χ2v) is 10.1. The molecule has 196 valence electrons. The van der Waals surface area contributed by atoms with E-state index in [4.69, 9.17) is 9.47 Å². The Morgan fingerprint density at radius 1 is 1.05 bits per heavy atom. The number of aromatic nitrogens is 5. The molecule has 4 aromatic rings. The predicted molar refractivity (Wildman–Crippen MR) is 144 cm³/mol. The number of rotatable bonds is 10. The number of nitrogens with zero attached hydrogens (tertiary/aromatic N) is 5. The van der Waals surface area contributed by atoms with Gasteiger partial charge in [-0.3, -0.25) is 9.69 Å². The Kier molecular flexibility index (Phi) is 7.92. The topological polar surface area (TPSA) is 98.2 Å². The zero-order valence-corrected chi connectivity index (χ0v) is 22.5. The lowest BCUT2D eigenvalue weighted by molar-refractivity contribution is 0.152. The highest BCUT2D eigenvalue weighted by Crippen LogP contribution is 2.31. The molecule has 0 amide bonds. The molecule has 0 fully saturated rings. The van der Waals surface area contributed by atoms with E-state index in [1.807, 2.05) is 60.1 Å². The number of hydrogen-bond donors (Lipinski definition) is 1. The van der Waals surface area contributed by atoms with Crippen molar-refractivity contribution < 1.29 is 9.47 Å². The van der Waals surface area contributed by atoms with Crippen molar-refractivity contribution in [1.82, 2.24) is 30.1 Å². The maximum atomic E-state index is 13.2. The van der Waals surface area contributed by atoms with Gasteiger partial charge in [-0.25, -0.2) is 4.68 Å². The molecule has 2 aromatic carbocycles. The Labute approximate surface area is 217 Å². The van der Waals surface area contributed by atoms with Gasteiger partial charge in [0.05, 0.1) is 25.3 Å². The maximum absolute atomic E-state index is 13.2. The number of benzene rings is 2. The molecule has 9 nitrogen and oxygen atoms in total. The van der Waals surface area contributed by atoms with E-state index in [2.05, 4.69) is 53.1 Å². The van der Waals surface area contributed by atoms with Crippen molar-refractivity contribution in [3.63, 3.8) is 0 Å². The van der Waals surface area contributed by atoms with Crippen molar-refractivity contribution in [1.29, 1.82) is 0 Å².